The van der Waals surface area contributed by atoms with Crippen molar-refractivity contribution in [2.75, 3.05) is 32.5 Å². The maximum atomic E-state index is 13.3. The molecule has 1 aliphatic rings. The third-order valence-corrected chi connectivity index (χ3v) is 3.99. The minimum absolute atomic E-state index is 0.0542. The lowest BCUT2D eigenvalue weighted by Crippen LogP contribution is -2.39. The van der Waals surface area contributed by atoms with Crippen molar-refractivity contribution in [1.29, 1.82) is 0 Å². The first-order chi connectivity index (χ1) is 8.45. The van der Waals surface area contributed by atoms with Crippen LogP contribution in [0.4, 0.5) is 4.39 Å². The summed E-state index contributed by atoms with van der Waals surface area (Å²) in [5.74, 6) is -0.340. The van der Waals surface area contributed by atoms with Gasteiger partial charge >= 0.3 is 0 Å². The second kappa shape index (κ2) is 5.24. The summed E-state index contributed by atoms with van der Waals surface area (Å²) in [6.07, 6.45) is 2.25. The van der Waals surface area contributed by atoms with Crippen LogP contribution in [0.15, 0.2) is 23.1 Å². The van der Waals surface area contributed by atoms with E-state index in [1.165, 1.54) is 18.6 Å². The molecule has 0 saturated carbocycles. The van der Waals surface area contributed by atoms with Gasteiger partial charge in [-0.15, -0.1) is 0 Å². The van der Waals surface area contributed by atoms with Gasteiger partial charge in [0.1, 0.15) is 18.2 Å². The van der Waals surface area contributed by atoms with E-state index in [0.717, 1.165) is 32.0 Å². The molecule has 1 heterocycles. The topological polar surface area (TPSA) is 46.6 Å². The predicted octanol–water partition coefficient (Wildman–Crippen LogP) is 1.31. The molecule has 1 saturated heterocycles. The zero-order chi connectivity index (χ0) is 13.2. The van der Waals surface area contributed by atoms with Crippen LogP contribution in [-0.4, -0.2) is 45.8 Å². The third kappa shape index (κ3) is 3.43. The average Bonchev–Trinajstić information content (AvgIpc) is 2.20. The number of rotatable bonds is 5. The molecule has 1 aromatic carbocycles. The highest BCUT2D eigenvalue weighted by Gasteiger charge is 2.14. The average molecular weight is 273 g/mol. The lowest BCUT2D eigenvalue weighted by molar-refractivity contribution is 0.147. The molecular formula is C12H16FNO3S. The Bertz CT molecular complexity index is 526. The first kappa shape index (κ1) is 13.3. The zero-order valence-electron chi connectivity index (χ0n) is 10.2. The Balaban J connectivity index is 2.01. The fraction of sp³-hybridized carbons (Fsp3) is 0.500. The standard InChI is InChI=1S/C12H16FNO3S/c1-18(15,16)12-8-10(13)7-11(9-12)17-6-5-14-3-2-4-14/h7-9H,2-6H2,1H3. The Kier molecular flexibility index (Phi) is 3.87. The molecule has 0 aromatic heterocycles. The van der Waals surface area contributed by atoms with Gasteiger partial charge in [-0.05, 0) is 31.6 Å². The van der Waals surface area contributed by atoms with Gasteiger partial charge in [0.05, 0.1) is 4.90 Å². The van der Waals surface area contributed by atoms with Crippen molar-refractivity contribution < 1.29 is 17.5 Å². The summed E-state index contributed by atoms with van der Waals surface area (Å²) < 4.78 is 41.3. The van der Waals surface area contributed by atoms with E-state index in [1.807, 2.05) is 0 Å². The van der Waals surface area contributed by atoms with Gasteiger partial charge in [-0.3, -0.25) is 4.90 Å². The highest BCUT2D eigenvalue weighted by Crippen LogP contribution is 2.20. The maximum Gasteiger partial charge on any atom is 0.175 e. The van der Waals surface area contributed by atoms with E-state index in [2.05, 4.69) is 4.90 Å². The van der Waals surface area contributed by atoms with Crippen molar-refractivity contribution in [2.24, 2.45) is 0 Å². The molecule has 0 N–H and O–H groups in total. The maximum absolute atomic E-state index is 13.3. The van der Waals surface area contributed by atoms with Crippen molar-refractivity contribution in [2.45, 2.75) is 11.3 Å². The highest BCUT2D eigenvalue weighted by molar-refractivity contribution is 7.90. The van der Waals surface area contributed by atoms with E-state index in [0.29, 0.717) is 6.61 Å². The van der Waals surface area contributed by atoms with Crippen LogP contribution in [0, 0.1) is 5.82 Å². The Morgan fingerprint density at radius 2 is 2.06 bits per heavy atom. The second-order valence-corrected chi connectivity index (χ2v) is 6.45. The first-order valence-corrected chi connectivity index (χ1v) is 7.70. The minimum Gasteiger partial charge on any atom is -0.492 e. The Hall–Kier alpha value is -1.14. The molecule has 0 unspecified atom stereocenters. The van der Waals surface area contributed by atoms with E-state index >= 15 is 0 Å². The Labute approximate surface area is 106 Å². The SMILES string of the molecule is CS(=O)(=O)c1cc(F)cc(OCCN2CCC2)c1. The van der Waals surface area contributed by atoms with E-state index < -0.39 is 15.7 Å². The van der Waals surface area contributed by atoms with Crippen LogP contribution >= 0.6 is 0 Å². The molecule has 1 fully saturated rings. The molecule has 0 amide bonds. The van der Waals surface area contributed by atoms with Gasteiger partial charge < -0.3 is 4.74 Å². The lowest BCUT2D eigenvalue weighted by atomic mass is 10.2. The largest absolute Gasteiger partial charge is 0.492 e. The molecule has 4 nitrogen and oxygen atoms in total. The Morgan fingerprint density at radius 3 is 2.61 bits per heavy atom. The van der Waals surface area contributed by atoms with Crippen LogP contribution in [0.25, 0.3) is 0 Å². The smallest absolute Gasteiger partial charge is 0.175 e. The molecule has 0 bridgehead atoms. The zero-order valence-corrected chi connectivity index (χ0v) is 11.0. The van der Waals surface area contributed by atoms with Crippen molar-refractivity contribution in [3.05, 3.63) is 24.0 Å². The van der Waals surface area contributed by atoms with Crippen molar-refractivity contribution in [1.82, 2.24) is 4.90 Å². The van der Waals surface area contributed by atoms with Crippen molar-refractivity contribution >= 4 is 9.84 Å². The van der Waals surface area contributed by atoms with Crippen molar-refractivity contribution in [3.8, 4) is 5.75 Å². The van der Waals surface area contributed by atoms with E-state index in [9.17, 15) is 12.8 Å². The van der Waals surface area contributed by atoms with Crippen LogP contribution in [0.5, 0.6) is 5.75 Å². The highest BCUT2D eigenvalue weighted by atomic mass is 32.2. The summed E-state index contributed by atoms with van der Waals surface area (Å²) in [7, 11) is -3.41. The van der Waals surface area contributed by atoms with E-state index in [4.69, 9.17) is 4.74 Å². The third-order valence-electron chi connectivity index (χ3n) is 2.90. The number of sulfone groups is 1. The van der Waals surface area contributed by atoms with Gasteiger partial charge in [0.25, 0.3) is 0 Å². The second-order valence-electron chi connectivity index (χ2n) is 4.44. The normalized spacial score (nSPS) is 16.3. The summed E-state index contributed by atoms with van der Waals surface area (Å²) >= 11 is 0. The summed E-state index contributed by atoms with van der Waals surface area (Å²) in [5, 5.41) is 0. The van der Waals surface area contributed by atoms with Crippen LogP contribution < -0.4 is 4.74 Å². The molecule has 6 heteroatoms. The minimum atomic E-state index is -3.41. The fourth-order valence-electron chi connectivity index (χ4n) is 1.73. The van der Waals surface area contributed by atoms with Crippen LogP contribution in [0.3, 0.4) is 0 Å². The monoisotopic (exact) mass is 273 g/mol. The molecule has 2 rings (SSSR count). The van der Waals surface area contributed by atoms with Gasteiger partial charge in [0, 0.05) is 18.9 Å². The lowest BCUT2D eigenvalue weighted by Gasteiger charge is -2.30. The Morgan fingerprint density at radius 1 is 1.33 bits per heavy atom. The number of hydrogen-bond donors (Lipinski definition) is 0. The van der Waals surface area contributed by atoms with Gasteiger partial charge in [-0.2, -0.15) is 0 Å². The molecule has 0 aliphatic carbocycles. The summed E-state index contributed by atoms with van der Waals surface area (Å²) in [6.45, 7) is 3.36. The van der Waals surface area contributed by atoms with Gasteiger partial charge in [-0.1, -0.05) is 0 Å². The fourth-order valence-corrected chi connectivity index (χ4v) is 2.39. The quantitative estimate of drug-likeness (QED) is 0.811. The number of hydrogen-bond acceptors (Lipinski definition) is 4. The number of halogens is 1. The van der Waals surface area contributed by atoms with E-state index in [1.54, 1.807) is 0 Å². The van der Waals surface area contributed by atoms with Gasteiger partial charge in [0.2, 0.25) is 0 Å². The predicted molar refractivity (Wildman–Crippen MR) is 66.1 cm³/mol. The van der Waals surface area contributed by atoms with Crippen LogP contribution in [-0.2, 0) is 9.84 Å². The molecular weight excluding hydrogens is 257 g/mol. The molecule has 18 heavy (non-hydrogen) atoms. The van der Waals surface area contributed by atoms with Crippen LogP contribution in [0.2, 0.25) is 0 Å². The summed E-state index contributed by atoms with van der Waals surface area (Å²) in [4.78, 5) is 2.16. The van der Waals surface area contributed by atoms with Gasteiger partial charge in [0.15, 0.2) is 9.84 Å². The molecule has 100 valence electrons. The summed E-state index contributed by atoms with van der Waals surface area (Å²) in [6, 6.07) is 3.55. The molecule has 0 spiro atoms. The number of nitrogens with zero attached hydrogens (tertiary/aromatic N) is 1. The number of likely N-dealkylation sites (tertiary alicyclic amines) is 1. The summed E-state index contributed by atoms with van der Waals surface area (Å²) in [5.41, 5.74) is 0. The molecule has 0 radical (unpaired) electrons. The molecule has 0 atom stereocenters. The van der Waals surface area contributed by atoms with Crippen molar-refractivity contribution in [3.63, 3.8) is 0 Å². The van der Waals surface area contributed by atoms with Crippen LogP contribution in [0.1, 0.15) is 6.42 Å². The first-order valence-electron chi connectivity index (χ1n) is 5.81. The van der Waals surface area contributed by atoms with Gasteiger partial charge in [-0.25, -0.2) is 12.8 Å². The number of ether oxygens (including phenoxy) is 1. The van der Waals surface area contributed by atoms with E-state index in [-0.39, 0.29) is 10.6 Å². The molecule has 1 aromatic rings. The number of benzene rings is 1. The molecule has 1 aliphatic heterocycles.